The van der Waals surface area contributed by atoms with Crippen molar-refractivity contribution >= 4 is 0 Å². The van der Waals surface area contributed by atoms with Gasteiger partial charge < -0.3 is 5.11 Å². The minimum atomic E-state index is -0.331. The third-order valence-corrected chi connectivity index (χ3v) is 3.17. The Labute approximate surface area is 120 Å². The molecule has 3 rings (SSSR count). The Morgan fingerprint density at radius 3 is 2.05 bits per heavy atom. The van der Waals surface area contributed by atoms with Gasteiger partial charge in [0.1, 0.15) is 11.6 Å². The fraction of sp³-hybridized carbons (Fsp3) is 0.0625. The van der Waals surface area contributed by atoms with Crippen LogP contribution in [0.2, 0.25) is 0 Å². The second kappa shape index (κ2) is 5.46. The Balaban J connectivity index is 2.05. The van der Waals surface area contributed by atoms with E-state index in [0.29, 0.717) is 22.5 Å². The van der Waals surface area contributed by atoms with Crippen LogP contribution in [0.4, 0.5) is 8.78 Å². The fourth-order valence-corrected chi connectivity index (χ4v) is 2.10. The van der Waals surface area contributed by atoms with E-state index in [-0.39, 0.29) is 18.2 Å². The lowest BCUT2D eigenvalue weighted by atomic mass is 10.1. The molecule has 0 radical (unpaired) electrons. The van der Waals surface area contributed by atoms with Crippen LogP contribution in [0.25, 0.3) is 16.9 Å². The summed E-state index contributed by atoms with van der Waals surface area (Å²) in [4.78, 5) is 0. The average Bonchev–Trinajstić information content (AvgIpc) is 2.93. The van der Waals surface area contributed by atoms with E-state index >= 15 is 0 Å². The number of hydrogen-bond acceptors (Lipinski definition) is 2. The van der Waals surface area contributed by atoms with Gasteiger partial charge in [0.2, 0.25) is 0 Å². The lowest BCUT2D eigenvalue weighted by molar-refractivity contribution is 0.282. The summed E-state index contributed by atoms with van der Waals surface area (Å²) in [6.45, 7) is -0.187. The van der Waals surface area contributed by atoms with Gasteiger partial charge >= 0.3 is 0 Å². The van der Waals surface area contributed by atoms with Crippen LogP contribution in [0.3, 0.4) is 0 Å². The molecule has 0 unspecified atom stereocenters. The molecule has 1 aromatic heterocycles. The lowest BCUT2D eigenvalue weighted by Crippen LogP contribution is -1.94. The van der Waals surface area contributed by atoms with Gasteiger partial charge in [0.15, 0.2) is 0 Å². The second-order valence-corrected chi connectivity index (χ2v) is 4.59. The number of halogens is 2. The average molecular weight is 286 g/mol. The summed E-state index contributed by atoms with van der Waals surface area (Å²) in [5, 5.41) is 13.8. The Kier molecular flexibility index (Phi) is 3.50. The molecule has 0 aliphatic rings. The summed E-state index contributed by atoms with van der Waals surface area (Å²) < 4.78 is 27.5. The Morgan fingerprint density at radius 2 is 1.48 bits per heavy atom. The highest BCUT2D eigenvalue weighted by Gasteiger charge is 2.11. The van der Waals surface area contributed by atoms with Gasteiger partial charge in [-0.1, -0.05) is 0 Å². The van der Waals surface area contributed by atoms with Gasteiger partial charge in [0.05, 0.1) is 18.0 Å². The van der Waals surface area contributed by atoms with E-state index in [4.69, 9.17) is 0 Å². The van der Waals surface area contributed by atoms with E-state index in [0.717, 1.165) is 0 Å². The summed E-state index contributed by atoms with van der Waals surface area (Å²) in [6.07, 6.45) is 1.67. The third kappa shape index (κ3) is 2.68. The van der Waals surface area contributed by atoms with Crippen molar-refractivity contribution < 1.29 is 13.9 Å². The molecule has 0 aliphatic carbocycles. The number of hydrogen-bond donors (Lipinski definition) is 1. The Bertz CT molecular complexity index is 749. The zero-order valence-corrected chi connectivity index (χ0v) is 11.0. The van der Waals surface area contributed by atoms with Crippen LogP contribution < -0.4 is 0 Å². The molecule has 3 nitrogen and oxygen atoms in total. The van der Waals surface area contributed by atoms with Crippen molar-refractivity contribution in [3.8, 4) is 16.9 Å². The largest absolute Gasteiger partial charge is 0.392 e. The number of benzene rings is 2. The molecule has 0 amide bonds. The monoisotopic (exact) mass is 286 g/mol. The second-order valence-electron chi connectivity index (χ2n) is 4.59. The topological polar surface area (TPSA) is 38.0 Å². The van der Waals surface area contributed by atoms with Crippen molar-refractivity contribution in [2.24, 2.45) is 0 Å². The first-order valence-electron chi connectivity index (χ1n) is 6.38. The van der Waals surface area contributed by atoms with E-state index in [2.05, 4.69) is 5.10 Å². The molecule has 0 fully saturated rings. The van der Waals surface area contributed by atoms with Crippen molar-refractivity contribution in [1.29, 1.82) is 0 Å². The maximum Gasteiger partial charge on any atom is 0.123 e. The molecule has 0 aliphatic heterocycles. The maximum absolute atomic E-state index is 13.0. The molecule has 21 heavy (non-hydrogen) atoms. The first kappa shape index (κ1) is 13.5. The normalized spacial score (nSPS) is 10.8. The van der Waals surface area contributed by atoms with Gasteiger partial charge in [-0.2, -0.15) is 5.10 Å². The molecule has 0 saturated carbocycles. The van der Waals surface area contributed by atoms with E-state index in [9.17, 15) is 13.9 Å². The van der Waals surface area contributed by atoms with E-state index in [1.54, 1.807) is 35.1 Å². The van der Waals surface area contributed by atoms with Crippen LogP contribution in [-0.2, 0) is 6.61 Å². The number of nitrogens with zero attached hydrogens (tertiary/aromatic N) is 2. The molecule has 5 heteroatoms. The molecule has 0 spiro atoms. The van der Waals surface area contributed by atoms with Crippen molar-refractivity contribution in [3.63, 3.8) is 0 Å². The van der Waals surface area contributed by atoms with Crippen molar-refractivity contribution in [2.75, 3.05) is 0 Å². The van der Waals surface area contributed by atoms with Crippen LogP contribution in [0.15, 0.2) is 54.7 Å². The maximum atomic E-state index is 13.0. The van der Waals surface area contributed by atoms with Crippen LogP contribution in [0.5, 0.6) is 0 Å². The third-order valence-electron chi connectivity index (χ3n) is 3.17. The van der Waals surface area contributed by atoms with Gasteiger partial charge in [-0.05, 0) is 48.5 Å². The first-order valence-corrected chi connectivity index (χ1v) is 6.38. The molecular formula is C16H12F2N2O. The van der Waals surface area contributed by atoms with Gasteiger partial charge in [-0.3, -0.25) is 0 Å². The zero-order chi connectivity index (χ0) is 14.8. The summed E-state index contributed by atoms with van der Waals surface area (Å²) in [5.74, 6) is -0.658. The van der Waals surface area contributed by atoms with Crippen LogP contribution in [0.1, 0.15) is 5.56 Å². The molecule has 106 valence electrons. The summed E-state index contributed by atoms with van der Waals surface area (Å²) in [5.41, 5.74) is 2.58. The number of aliphatic hydroxyl groups excluding tert-OH is 1. The predicted octanol–water partition coefficient (Wildman–Crippen LogP) is 3.31. The van der Waals surface area contributed by atoms with Crippen molar-refractivity contribution in [2.45, 2.75) is 6.61 Å². The van der Waals surface area contributed by atoms with Crippen LogP contribution in [0, 0.1) is 11.6 Å². The van der Waals surface area contributed by atoms with Crippen LogP contribution >= 0.6 is 0 Å². The molecule has 0 saturated heterocycles. The zero-order valence-electron chi connectivity index (χ0n) is 11.0. The standard InChI is InChI=1S/C16H12F2N2O/c17-13-3-1-11(2-4-13)16-12(10-21)9-20(19-16)15-7-5-14(18)6-8-15/h1-9,21H,10H2. The van der Waals surface area contributed by atoms with Gasteiger partial charge in [-0.25, -0.2) is 13.5 Å². The van der Waals surface area contributed by atoms with E-state index in [1.165, 1.54) is 24.3 Å². The highest BCUT2D eigenvalue weighted by Crippen LogP contribution is 2.24. The first-order chi connectivity index (χ1) is 10.2. The molecule has 1 N–H and O–H groups in total. The summed E-state index contributed by atoms with van der Waals surface area (Å²) in [6, 6.07) is 11.8. The molecule has 1 heterocycles. The highest BCUT2D eigenvalue weighted by atomic mass is 19.1. The summed E-state index contributed by atoms with van der Waals surface area (Å²) >= 11 is 0. The molecule has 0 atom stereocenters. The molecular weight excluding hydrogens is 274 g/mol. The predicted molar refractivity (Wildman–Crippen MR) is 74.8 cm³/mol. The number of rotatable bonds is 3. The minimum Gasteiger partial charge on any atom is -0.392 e. The van der Waals surface area contributed by atoms with E-state index in [1.807, 2.05) is 0 Å². The van der Waals surface area contributed by atoms with E-state index < -0.39 is 0 Å². The Morgan fingerprint density at radius 1 is 0.905 bits per heavy atom. The number of aromatic nitrogens is 2. The van der Waals surface area contributed by atoms with Crippen LogP contribution in [-0.4, -0.2) is 14.9 Å². The molecule has 0 bridgehead atoms. The van der Waals surface area contributed by atoms with Crippen molar-refractivity contribution in [3.05, 3.63) is 71.9 Å². The Hall–Kier alpha value is -2.53. The summed E-state index contributed by atoms with van der Waals surface area (Å²) in [7, 11) is 0. The SMILES string of the molecule is OCc1cn(-c2ccc(F)cc2)nc1-c1ccc(F)cc1. The fourth-order valence-electron chi connectivity index (χ4n) is 2.10. The van der Waals surface area contributed by atoms with Gasteiger partial charge in [0.25, 0.3) is 0 Å². The van der Waals surface area contributed by atoms with Gasteiger partial charge in [-0.15, -0.1) is 0 Å². The minimum absolute atomic E-state index is 0.187. The number of aliphatic hydroxyl groups is 1. The molecule has 3 aromatic rings. The smallest absolute Gasteiger partial charge is 0.123 e. The quantitative estimate of drug-likeness (QED) is 0.802. The lowest BCUT2D eigenvalue weighted by Gasteiger charge is -2.01. The molecule has 2 aromatic carbocycles. The highest BCUT2D eigenvalue weighted by molar-refractivity contribution is 5.63. The van der Waals surface area contributed by atoms with Gasteiger partial charge in [0, 0.05) is 17.3 Å². The van der Waals surface area contributed by atoms with Crippen molar-refractivity contribution in [1.82, 2.24) is 9.78 Å².